The van der Waals surface area contributed by atoms with Gasteiger partial charge in [-0.15, -0.1) is 11.3 Å². The van der Waals surface area contributed by atoms with Crippen LogP contribution < -0.4 is 0 Å². The summed E-state index contributed by atoms with van der Waals surface area (Å²) < 4.78 is 2.21. The minimum Gasteiger partial charge on any atom is -0.508 e. The lowest BCUT2D eigenvalue weighted by atomic mass is 10.0. The summed E-state index contributed by atoms with van der Waals surface area (Å²) in [7, 11) is 0. The van der Waals surface area contributed by atoms with Crippen molar-refractivity contribution < 1.29 is 5.11 Å². The summed E-state index contributed by atoms with van der Waals surface area (Å²) in [5, 5.41) is 10.7. The molecule has 0 amide bonds. The number of halogens is 1. The molecule has 0 fully saturated rings. The van der Waals surface area contributed by atoms with Gasteiger partial charge in [0.2, 0.25) is 0 Å². The highest BCUT2D eigenvalue weighted by atomic mass is 79.9. The van der Waals surface area contributed by atoms with Crippen LogP contribution in [-0.2, 0) is 0 Å². The standard InChI is InChI=1S/C15H11BrOS/c1-9-15(10-2-4-11(16)5-3-10)13-7-6-12(17)8-14(13)18-9/h2-8,17H,1H3. The minimum atomic E-state index is 0.325. The maximum absolute atomic E-state index is 9.54. The van der Waals surface area contributed by atoms with Gasteiger partial charge in [0.15, 0.2) is 0 Å². The number of phenols is 1. The van der Waals surface area contributed by atoms with E-state index in [0.717, 1.165) is 9.17 Å². The first-order chi connectivity index (χ1) is 8.65. The first kappa shape index (κ1) is 11.8. The van der Waals surface area contributed by atoms with Crippen molar-refractivity contribution in [3.8, 4) is 16.9 Å². The van der Waals surface area contributed by atoms with Crippen molar-refractivity contribution in [3.05, 3.63) is 51.8 Å². The average molecular weight is 319 g/mol. The van der Waals surface area contributed by atoms with E-state index in [1.54, 1.807) is 17.4 Å². The largest absolute Gasteiger partial charge is 0.508 e. The van der Waals surface area contributed by atoms with Crippen molar-refractivity contribution in [1.82, 2.24) is 0 Å². The highest BCUT2D eigenvalue weighted by Gasteiger charge is 2.11. The van der Waals surface area contributed by atoms with Gasteiger partial charge in [0, 0.05) is 25.0 Å². The smallest absolute Gasteiger partial charge is 0.117 e. The Balaban J connectivity index is 2.28. The molecule has 1 nitrogen and oxygen atoms in total. The molecule has 3 aromatic rings. The monoisotopic (exact) mass is 318 g/mol. The molecule has 3 rings (SSSR count). The SMILES string of the molecule is Cc1sc2cc(O)ccc2c1-c1ccc(Br)cc1. The van der Waals surface area contributed by atoms with Gasteiger partial charge in [0.05, 0.1) is 0 Å². The van der Waals surface area contributed by atoms with Gasteiger partial charge < -0.3 is 5.11 Å². The van der Waals surface area contributed by atoms with Gasteiger partial charge >= 0.3 is 0 Å². The number of thiophene rings is 1. The van der Waals surface area contributed by atoms with Crippen LogP contribution in [0, 0.1) is 6.92 Å². The molecule has 90 valence electrons. The van der Waals surface area contributed by atoms with Crippen molar-refractivity contribution in [2.75, 3.05) is 0 Å². The van der Waals surface area contributed by atoms with Crippen molar-refractivity contribution in [1.29, 1.82) is 0 Å². The third-order valence-corrected chi connectivity index (χ3v) is 4.58. The van der Waals surface area contributed by atoms with Crippen LogP contribution in [-0.4, -0.2) is 5.11 Å². The van der Waals surface area contributed by atoms with Gasteiger partial charge in [-0.1, -0.05) is 28.1 Å². The molecule has 0 unspecified atom stereocenters. The number of fused-ring (bicyclic) bond motifs is 1. The number of hydrogen-bond acceptors (Lipinski definition) is 2. The van der Waals surface area contributed by atoms with Crippen LogP contribution in [0.3, 0.4) is 0 Å². The first-order valence-electron chi connectivity index (χ1n) is 5.63. The van der Waals surface area contributed by atoms with Gasteiger partial charge in [0.1, 0.15) is 5.75 Å². The molecule has 0 atom stereocenters. The van der Waals surface area contributed by atoms with Gasteiger partial charge in [-0.2, -0.15) is 0 Å². The minimum absolute atomic E-state index is 0.325. The lowest BCUT2D eigenvalue weighted by molar-refractivity contribution is 0.476. The fourth-order valence-corrected chi connectivity index (χ4v) is 3.57. The summed E-state index contributed by atoms with van der Waals surface area (Å²) in [6.07, 6.45) is 0. The van der Waals surface area contributed by atoms with E-state index in [4.69, 9.17) is 0 Å². The summed E-state index contributed by atoms with van der Waals surface area (Å²) >= 11 is 5.18. The average Bonchev–Trinajstić information content (AvgIpc) is 2.65. The Morgan fingerprint density at radius 2 is 1.78 bits per heavy atom. The van der Waals surface area contributed by atoms with E-state index in [9.17, 15) is 5.11 Å². The Morgan fingerprint density at radius 3 is 2.50 bits per heavy atom. The molecular weight excluding hydrogens is 308 g/mol. The normalized spacial score (nSPS) is 11.0. The molecule has 3 heteroatoms. The quantitative estimate of drug-likeness (QED) is 0.641. The molecule has 0 spiro atoms. The number of rotatable bonds is 1. The molecule has 0 aliphatic heterocycles. The highest BCUT2D eigenvalue weighted by Crippen LogP contribution is 2.39. The van der Waals surface area contributed by atoms with E-state index >= 15 is 0 Å². The zero-order valence-corrected chi connectivity index (χ0v) is 12.2. The molecular formula is C15H11BrOS. The fraction of sp³-hybridized carbons (Fsp3) is 0.0667. The third kappa shape index (κ3) is 1.93. The van der Waals surface area contributed by atoms with Gasteiger partial charge in [-0.05, 0) is 42.8 Å². The summed E-state index contributed by atoms with van der Waals surface area (Å²) in [5.41, 5.74) is 2.48. The zero-order valence-electron chi connectivity index (χ0n) is 9.77. The van der Waals surface area contributed by atoms with Crippen LogP contribution in [0.2, 0.25) is 0 Å². The van der Waals surface area contributed by atoms with E-state index in [0.29, 0.717) is 5.75 Å². The second-order valence-corrected chi connectivity index (χ2v) is 6.39. The van der Waals surface area contributed by atoms with Crippen LogP contribution in [0.1, 0.15) is 4.88 Å². The molecule has 18 heavy (non-hydrogen) atoms. The predicted octanol–water partition coefficient (Wildman–Crippen LogP) is 5.34. The van der Waals surface area contributed by atoms with Crippen molar-refractivity contribution in [3.63, 3.8) is 0 Å². The Hall–Kier alpha value is -1.32. The molecule has 1 N–H and O–H groups in total. The lowest BCUT2D eigenvalue weighted by Gasteiger charge is -2.02. The number of hydrogen-bond donors (Lipinski definition) is 1. The van der Waals surface area contributed by atoms with Crippen LogP contribution in [0.5, 0.6) is 5.75 Å². The molecule has 2 aromatic carbocycles. The fourth-order valence-electron chi connectivity index (χ4n) is 2.18. The molecule has 1 heterocycles. The first-order valence-corrected chi connectivity index (χ1v) is 7.24. The summed E-state index contributed by atoms with van der Waals surface area (Å²) in [4.78, 5) is 1.28. The molecule has 0 aliphatic carbocycles. The molecule has 0 aliphatic rings. The van der Waals surface area contributed by atoms with E-state index in [1.165, 1.54) is 21.4 Å². The van der Waals surface area contributed by atoms with Crippen LogP contribution >= 0.6 is 27.3 Å². The Labute approximate surface area is 118 Å². The molecule has 1 aromatic heterocycles. The maximum atomic E-state index is 9.54. The number of phenolic OH excluding ortho intramolecular Hbond substituents is 1. The van der Waals surface area contributed by atoms with Crippen LogP contribution in [0.25, 0.3) is 21.2 Å². The number of benzene rings is 2. The maximum Gasteiger partial charge on any atom is 0.117 e. The van der Waals surface area contributed by atoms with E-state index in [1.807, 2.05) is 12.1 Å². The molecule has 0 bridgehead atoms. The Kier molecular flexibility index (Phi) is 2.88. The van der Waals surface area contributed by atoms with Crippen LogP contribution in [0.15, 0.2) is 46.9 Å². The summed E-state index contributed by atoms with van der Waals surface area (Å²) in [5.74, 6) is 0.325. The Morgan fingerprint density at radius 1 is 1.06 bits per heavy atom. The Bertz CT molecular complexity index is 713. The molecule has 0 saturated carbocycles. The van der Waals surface area contributed by atoms with Gasteiger partial charge in [0.25, 0.3) is 0 Å². The number of aromatic hydroxyl groups is 1. The van der Waals surface area contributed by atoms with Gasteiger partial charge in [-0.3, -0.25) is 0 Å². The lowest BCUT2D eigenvalue weighted by Crippen LogP contribution is -1.78. The van der Waals surface area contributed by atoms with Crippen LogP contribution in [0.4, 0.5) is 0 Å². The van der Waals surface area contributed by atoms with Crippen molar-refractivity contribution in [2.24, 2.45) is 0 Å². The second kappa shape index (κ2) is 4.41. The van der Waals surface area contributed by atoms with Gasteiger partial charge in [-0.25, -0.2) is 0 Å². The van der Waals surface area contributed by atoms with Crippen molar-refractivity contribution >= 4 is 37.4 Å². The second-order valence-electron chi connectivity index (χ2n) is 4.22. The summed E-state index contributed by atoms with van der Waals surface area (Å²) in [6.45, 7) is 2.12. The molecule has 0 saturated heterocycles. The number of aryl methyl sites for hydroxylation is 1. The van der Waals surface area contributed by atoms with E-state index in [-0.39, 0.29) is 0 Å². The van der Waals surface area contributed by atoms with E-state index in [2.05, 4.69) is 47.1 Å². The zero-order chi connectivity index (χ0) is 12.7. The third-order valence-electron chi connectivity index (χ3n) is 2.98. The summed E-state index contributed by atoms with van der Waals surface area (Å²) in [6, 6.07) is 13.9. The predicted molar refractivity (Wildman–Crippen MR) is 81.4 cm³/mol. The van der Waals surface area contributed by atoms with E-state index < -0.39 is 0 Å². The topological polar surface area (TPSA) is 20.2 Å². The molecule has 0 radical (unpaired) electrons. The highest BCUT2D eigenvalue weighted by molar-refractivity contribution is 9.10. The van der Waals surface area contributed by atoms with Crippen molar-refractivity contribution in [2.45, 2.75) is 6.92 Å².